The van der Waals surface area contributed by atoms with Gasteiger partial charge in [0.15, 0.2) is 5.78 Å². The molecule has 2 aromatic heterocycles. The smallest absolute Gasteiger partial charge is 0.251 e. The lowest BCUT2D eigenvalue weighted by atomic mass is 10.00. The molecule has 0 aliphatic rings. The molecule has 0 unspecified atom stereocenters. The van der Waals surface area contributed by atoms with E-state index in [1.165, 1.54) is 36.7 Å². The van der Waals surface area contributed by atoms with Gasteiger partial charge in [0.25, 0.3) is 5.91 Å². The molecule has 0 bridgehead atoms. The normalized spacial score (nSPS) is 10.4. The Morgan fingerprint density at radius 2 is 2.00 bits per heavy atom. The van der Waals surface area contributed by atoms with E-state index in [1.54, 1.807) is 0 Å². The number of pyridine rings is 1. The number of hydrogen-bond donors (Lipinski definition) is 2. The number of hydrogen-bond acceptors (Lipinski definition) is 4. The van der Waals surface area contributed by atoms with Crippen molar-refractivity contribution in [3.05, 3.63) is 64.7 Å². The molecule has 1 amide bonds. The highest BCUT2D eigenvalue weighted by molar-refractivity contribution is 6.16. The van der Waals surface area contributed by atoms with Crippen molar-refractivity contribution < 1.29 is 14.0 Å². The van der Waals surface area contributed by atoms with Crippen molar-refractivity contribution in [3.8, 4) is 6.07 Å². The molecular weight excluding hydrogens is 299 g/mol. The van der Waals surface area contributed by atoms with Crippen LogP contribution in [0.3, 0.4) is 0 Å². The van der Waals surface area contributed by atoms with E-state index in [2.05, 4.69) is 9.97 Å². The average molecular weight is 308 g/mol. The Morgan fingerprint density at radius 1 is 1.26 bits per heavy atom. The number of aromatic nitrogens is 2. The third kappa shape index (κ3) is 2.32. The summed E-state index contributed by atoms with van der Waals surface area (Å²) < 4.78 is 14.3. The maximum atomic E-state index is 14.3. The van der Waals surface area contributed by atoms with Crippen LogP contribution in [0.25, 0.3) is 11.0 Å². The van der Waals surface area contributed by atoms with E-state index in [0.29, 0.717) is 11.0 Å². The van der Waals surface area contributed by atoms with Gasteiger partial charge >= 0.3 is 0 Å². The molecule has 3 rings (SSSR count). The molecule has 112 valence electrons. The number of rotatable bonds is 3. The van der Waals surface area contributed by atoms with Crippen LogP contribution in [0, 0.1) is 17.1 Å². The van der Waals surface area contributed by atoms with Gasteiger partial charge in [-0.1, -0.05) is 6.07 Å². The Bertz CT molecular complexity index is 1000. The number of halogens is 1. The summed E-state index contributed by atoms with van der Waals surface area (Å²) in [7, 11) is 0. The van der Waals surface area contributed by atoms with Gasteiger partial charge in [-0.15, -0.1) is 0 Å². The number of nitrogens with zero attached hydrogens (tertiary/aromatic N) is 2. The summed E-state index contributed by atoms with van der Waals surface area (Å²) in [4.78, 5) is 30.6. The number of aromatic amines is 1. The maximum Gasteiger partial charge on any atom is 0.251 e. The first kappa shape index (κ1) is 14.4. The zero-order chi connectivity index (χ0) is 16.6. The number of fused-ring (bicyclic) bond motifs is 1. The molecule has 3 aromatic rings. The first-order valence-corrected chi connectivity index (χ1v) is 6.53. The van der Waals surface area contributed by atoms with Crippen LogP contribution in [-0.4, -0.2) is 21.7 Å². The van der Waals surface area contributed by atoms with E-state index in [0.717, 1.165) is 0 Å². The third-order valence-electron chi connectivity index (χ3n) is 3.41. The molecular formula is C16H9FN4O2. The molecule has 0 spiro atoms. The molecule has 23 heavy (non-hydrogen) atoms. The zero-order valence-corrected chi connectivity index (χ0v) is 11.6. The molecule has 1 aromatic carbocycles. The quantitative estimate of drug-likeness (QED) is 0.719. The minimum Gasteiger partial charge on any atom is -0.366 e. The number of benzene rings is 1. The second-order valence-electron chi connectivity index (χ2n) is 4.79. The number of H-pyrrole nitrogens is 1. The van der Waals surface area contributed by atoms with Crippen molar-refractivity contribution in [3.63, 3.8) is 0 Å². The molecule has 0 aliphatic heterocycles. The van der Waals surface area contributed by atoms with E-state index in [-0.39, 0.29) is 22.3 Å². The number of carbonyl (C=O) groups is 2. The second-order valence-corrected chi connectivity index (χ2v) is 4.79. The van der Waals surface area contributed by atoms with Crippen molar-refractivity contribution in [2.45, 2.75) is 0 Å². The number of nitrogens with one attached hydrogen (secondary N) is 1. The fourth-order valence-corrected chi connectivity index (χ4v) is 2.30. The molecule has 6 nitrogen and oxygen atoms in total. The van der Waals surface area contributed by atoms with E-state index >= 15 is 0 Å². The lowest BCUT2D eigenvalue weighted by Gasteiger charge is -2.05. The number of ketones is 1. The van der Waals surface area contributed by atoms with Crippen LogP contribution in [-0.2, 0) is 0 Å². The zero-order valence-electron chi connectivity index (χ0n) is 11.6. The summed E-state index contributed by atoms with van der Waals surface area (Å²) in [5, 5.41) is 9.33. The van der Waals surface area contributed by atoms with Crippen LogP contribution in [0.15, 0.2) is 36.7 Å². The van der Waals surface area contributed by atoms with Gasteiger partial charge in [-0.05, 0) is 18.2 Å². The predicted molar refractivity (Wildman–Crippen MR) is 79.2 cm³/mol. The van der Waals surface area contributed by atoms with Gasteiger partial charge in [0.2, 0.25) is 0 Å². The Labute approximate surface area is 129 Å². The summed E-state index contributed by atoms with van der Waals surface area (Å²) >= 11 is 0. The van der Waals surface area contributed by atoms with Crippen molar-refractivity contribution in [2.24, 2.45) is 5.73 Å². The van der Waals surface area contributed by atoms with Gasteiger partial charge in [-0.25, -0.2) is 9.37 Å². The van der Waals surface area contributed by atoms with Crippen LogP contribution in [0.1, 0.15) is 31.8 Å². The molecule has 0 radical (unpaired) electrons. The van der Waals surface area contributed by atoms with E-state index in [1.807, 2.05) is 6.07 Å². The first-order chi connectivity index (χ1) is 11.0. The molecule has 0 aliphatic carbocycles. The van der Waals surface area contributed by atoms with Crippen molar-refractivity contribution in [1.82, 2.24) is 9.97 Å². The highest BCUT2D eigenvalue weighted by Gasteiger charge is 2.21. The average Bonchev–Trinajstić information content (AvgIpc) is 2.97. The number of carbonyl (C=O) groups excluding carboxylic acids is 2. The van der Waals surface area contributed by atoms with Crippen LogP contribution in [0.5, 0.6) is 0 Å². The molecule has 0 saturated heterocycles. The van der Waals surface area contributed by atoms with Crippen molar-refractivity contribution >= 4 is 22.7 Å². The van der Waals surface area contributed by atoms with E-state index in [4.69, 9.17) is 11.0 Å². The Morgan fingerprint density at radius 3 is 2.70 bits per heavy atom. The van der Waals surface area contributed by atoms with Gasteiger partial charge in [0.05, 0.1) is 16.7 Å². The molecule has 2 heterocycles. The Kier molecular flexibility index (Phi) is 3.35. The lowest BCUT2D eigenvalue weighted by Crippen LogP contribution is -2.16. The van der Waals surface area contributed by atoms with Crippen molar-refractivity contribution in [2.75, 3.05) is 0 Å². The third-order valence-corrected chi connectivity index (χ3v) is 3.41. The fourth-order valence-electron chi connectivity index (χ4n) is 2.30. The van der Waals surface area contributed by atoms with Crippen LogP contribution < -0.4 is 5.73 Å². The fraction of sp³-hybridized carbons (Fsp3) is 0. The van der Waals surface area contributed by atoms with Gasteiger partial charge in [0, 0.05) is 23.3 Å². The van der Waals surface area contributed by atoms with Crippen molar-refractivity contribution in [1.29, 1.82) is 5.26 Å². The summed E-state index contributed by atoms with van der Waals surface area (Å²) in [5.41, 5.74) is 5.29. The number of nitrogens with two attached hydrogens (primary N) is 1. The number of amides is 1. The monoisotopic (exact) mass is 308 g/mol. The highest BCUT2D eigenvalue weighted by atomic mass is 19.1. The summed E-state index contributed by atoms with van der Waals surface area (Å²) in [5.74, 6) is -2.55. The largest absolute Gasteiger partial charge is 0.366 e. The highest BCUT2D eigenvalue weighted by Crippen LogP contribution is 2.23. The minimum absolute atomic E-state index is 0.158. The SMILES string of the molecule is N#Cc1cnc2[nH]cc(C(=O)c3cccc(C(N)=O)c3F)c2c1. The van der Waals surface area contributed by atoms with Gasteiger partial charge in [-0.2, -0.15) is 5.26 Å². The Hall–Kier alpha value is -3.53. The number of nitriles is 1. The van der Waals surface area contributed by atoms with Gasteiger partial charge in [-0.3, -0.25) is 9.59 Å². The first-order valence-electron chi connectivity index (χ1n) is 6.53. The molecule has 0 saturated carbocycles. The summed E-state index contributed by atoms with van der Waals surface area (Å²) in [6, 6.07) is 7.27. The molecule has 0 atom stereocenters. The summed E-state index contributed by atoms with van der Waals surface area (Å²) in [6.07, 6.45) is 2.75. The predicted octanol–water partition coefficient (Wildman–Crippen LogP) is 1.90. The lowest BCUT2D eigenvalue weighted by molar-refractivity contribution is 0.0996. The number of primary amides is 1. The Balaban J connectivity index is 2.17. The summed E-state index contributed by atoms with van der Waals surface area (Å²) in [6.45, 7) is 0. The standard InChI is InChI=1S/C16H9FN4O2/c17-13-9(2-1-3-10(13)15(19)23)14(22)12-7-21-16-11(12)4-8(5-18)6-20-16/h1-4,6-7H,(H2,19,23)(H,20,21). The topological polar surface area (TPSA) is 113 Å². The van der Waals surface area contributed by atoms with E-state index in [9.17, 15) is 14.0 Å². The van der Waals surface area contributed by atoms with Crippen LogP contribution >= 0.6 is 0 Å². The second kappa shape index (κ2) is 5.35. The van der Waals surface area contributed by atoms with Crippen LogP contribution in [0.2, 0.25) is 0 Å². The van der Waals surface area contributed by atoms with E-state index < -0.39 is 17.5 Å². The van der Waals surface area contributed by atoms with Crippen LogP contribution in [0.4, 0.5) is 4.39 Å². The molecule has 0 fully saturated rings. The maximum absolute atomic E-state index is 14.3. The minimum atomic E-state index is -0.969. The van der Waals surface area contributed by atoms with Gasteiger partial charge < -0.3 is 10.7 Å². The molecule has 7 heteroatoms. The molecule has 3 N–H and O–H groups in total. The van der Waals surface area contributed by atoms with Gasteiger partial charge in [0.1, 0.15) is 17.5 Å².